The molecule has 1 aliphatic heterocycles. The van der Waals surface area contributed by atoms with Crippen molar-refractivity contribution in [1.82, 2.24) is 15.2 Å². The van der Waals surface area contributed by atoms with Crippen molar-refractivity contribution in [3.05, 3.63) is 0 Å². The molecule has 1 fully saturated rings. The molecule has 1 atom stereocenters. The zero-order valence-electron chi connectivity index (χ0n) is 11.3. The fraction of sp³-hybridized carbons (Fsp3) is 0.917. The highest BCUT2D eigenvalue weighted by Gasteiger charge is 2.29. The number of carbonyl (C=O) groups excluding carboxylic acids is 1. The fourth-order valence-electron chi connectivity index (χ4n) is 2.56. The summed E-state index contributed by atoms with van der Waals surface area (Å²) in [5.41, 5.74) is 2.29. The number of nitrogens with two attached hydrogens (primary N) is 1. The van der Waals surface area contributed by atoms with Crippen molar-refractivity contribution in [3.63, 3.8) is 0 Å². The van der Waals surface area contributed by atoms with E-state index in [1.165, 1.54) is 0 Å². The fourth-order valence-corrected chi connectivity index (χ4v) is 2.56. The molecule has 5 nitrogen and oxygen atoms in total. The van der Waals surface area contributed by atoms with Gasteiger partial charge in [0.15, 0.2) is 0 Å². The lowest BCUT2D eigenvalue weighted by molar-refractivity contribution is -0.127. The molecule has 1 amide bonds. The van der Waals surface area contributed by atoms with Crippen molar-refractivity contribution >= 4 is 5.91 Å². The van der Waals surface area contributed by atoms with Crippen molar-refractivity contribution in [3.8, 4) is 0 Å². The minimum Gasteiger partial charge on any atom is -0.306 e. The number of piperidine rings is 1. The van der Waals surface area contributed by atoms with Crippen LogP contribution >= 0.6 is 0 Å². The van der Waals surface area contributed by atoms with Crippen LogP contribution in [0.3, 0.4) is 0 Å². The van der Waals surface area contributed by atoms with Crippen molar-refractivity contribution in [2.45, 2.75) is 44.7 Å². The molecule has 1 rings (SSSR count). The number of carbonyl (C=O) groups is 1. The third-order valence-electron chi connectivity index (χ3n) is 3.68. The monoisotopic (exact) mass is 242 g/mol. The maximum absolute atomic E-state index is 11.7. The zero-order valence-corrected chi connectivity index (χ0v) is 11.3. The van der Waals surface area contributed by atoms with Gasteiger partial charge in [-0.25, -0.2) is 5.84 Å². The number of nitrogens with zero attached hydrogens (tertiary/aromatic N) is 2. The second kappa shape index (κ2) is 6.93. The second-order valence-electron chi connectivity index (χ2n) is 5.04. The molecular weight excluding hydrogens is 216 g/mol. The summed E-state index contributed by atoms with van der Waals surface area (Å²) < 4.78 is 0. The molecule has 1 unspecified atom stereocenters. The van der Waals surface area contributed by atoms with E-state index in [0.717, 1.165) is 38.8 Å². The molecule has 0 bridgehead atoms. The van der Waals surface area contributed by atoms with Crippen LogP contribution in [0.25, 0.3) is 0 Å². The average Bonchev–Trinajstić information content (AvgIpc) is 2.35. The van der Waals surface area contributed by atoms with Gasteiger partial charge in [-0.15, -0.1) is 0 Å². The Morgan fingerprint density at radius 1 is 1.47 bits per heavy atom. The molecule has 0 saturated carbocycles. The topological polar surface area (TPSA) is 61.6 Å². The minimum absolute atomic E-state index is 0.0462. The first-order chi connectivity index (χ1) is 8.10. The molecular formula is C12H26N4O. The molecule has 0 aromatic heterocycles. The molecule has 100 valence electrons. The van der Waals surface area contributed by atoms with Crippen LogP contribution in [0.1, 0.15) is 32.6 Å². The molecule has 0 radical (unpaired) electrons. The number of hydrogen-bond acceptors (Lipinski definition) is 4. The van der Waals surface area contributed by atoms with E-state index in [2.05, 4.69) is 36.2 Å². The van der Waals surface area contributed by atoms with Gasteiger partial charge >= 0.3 is 0 Å². The van der Waals surface area contributed by atoms with E-state index in [1.54, 1.807) is 0 Å². The molecule has 3 N–H and O–H groups in total. The number of hydrazine groups is 1. The Balaban J connectivity index is 2.51. The van der Waals surface area contributed by atoms with Crippen molar-refractivity contribution in [1.29, 1.82) is 0 Å². The highest BCUT2D eigenvalue weighted by molar-refractivity contribution is 5.81. The highest BCUT2D eigenvalue weighted by Crippen LogP contribution is 2.18. The van der Waals surface area contributed by atoms with E-state index >= 15 is 0 Å². The van der Waals surface area contributed by atoms with Crippen LogP contribution in [-0.2, 0) is 4.79 Å². The normalized spacial score (nSPS) is 20.5. The summed E-state index contributed by atoms with van der Waals surface area (Å²) in [6.45, 7) is 4.07. The van der Waals surface area contributed by atoms with Crippen LogP contribution in [0, 0.1) is 0 Å². The van der Waals surface area contributed by atoms with Crippen molar-refractivity contribution in [2.75, 3.05) is 27.2 Å². The summed E-state index contributed by atoms with van der Waals surface area (Å²) in [4.78, 5) is 16.3. The van der Waals surface area contributed by atoms with E-state index in [0.29, 0.717) is 6.04 Å². The predicted molar refractivity (Wildman–Crippen MR) is 69.3 cm³/mol. The smallest absolute Gasteiger partial charge is 0.251 e. The molecule has 0 aromatic carbocycles. The van der Waals surface area contributed by atoms with Gasteiger partial charge in [0, 0.05) is 19.1 Å². The Kier molecular flexibility index (Phi) is 5.88. The first-order valence-electron chi connectivity index (χ1n) is 6.51. The SMILES string of the molecule is CCCC(C(=O)NN)N1CCC(N(C)C)CC1. The molecule has 1 aliphatic rings. The van der Waals surface area contributed by atoms with Crippen LogP contribution in [0.5, 0.6) is 0 Å². The Morgan fingerprint density at radius 3 is 2.47 bits per heavy atom. The molecule has 0 aromatic rings. The zero-order chi connectivity index (χ0) is 12.8. The van der Waals surface area contributed by atoms with Gasteiger partial charge in [-0.1, -0.05) is 13.3 Å². The lowest BCUT2D eigenvalue weighted by Gasteiger charge is -2.38. The standard InChI is InChI=1S/C12H26N4O/c1-4-5-11(12(17)14-13)16-8-6-10(7-9-16)15(2)3/h10-11H,4-9,13H2,1-3H3,(H,14,17). The number of hydrogen-bond donors (Lipinski definition) is 2. The number of nitrogens with one attached hydrogen (secondary N) is 1. The number of rotatable bonds is 5. The van der Waals surface area contributed by atoms with Gasteiger partial charge in [-0.05, 0) is 33.4 Å². The van der Waals surface area contributed by atoms with Gasteiger partial charge in [0.1, 0.15) is 0 Å². The average molecular weight is 242 g/mol. The molecule has 5 heteroatoms. The Morgan fingerprint density at radius 2 is 2.06 bits per heavy atom. The van der Waals surface area contributed by atoms with Crippen LogP contribution in [0.4, 0.5) is 0 Å². The molecule has 1 saturated heterocycles. The van der Waals surface area contributed by atoms with Crippen molar-refractivity contribution < 1.29 is 4.79 Å². The molecule has 0 aliphatic carbocycles. The number of amides is 1. The predicted octanol–water partition coefficient (Wildman–Crippen LogP) is 0.171. The van der Waals surface area contributed by atoms with E-state index in [9.17, 15) is 4.79 Å². The van der Waals surface area contributed by atoms with E-state index in [4.69, 9.17) is 5.84 Å². The first-order valence-corrected chi connectivity index (χ1v) is 6.51. The quantitative estimate of drug-likeness (QED) is 0.410. The summed E-state index contributed by atoms with van der Waals surface area (Å²) in [5.74, 6) is 5.20. The lowest BCUT2D eigenvalue weighted by Crippen LogP contribution is -2.53. The van der Waals surface area contributed by atoms with Gasteiger partial charge in [0.25, 0.3) is 5.91 Å². The second-order valence-corrected chi connectivity index (χ2v) is 5.04. The van der Waals surface area contributed by atoms with Gasteiger partial charge < -0.3 is 4.90 Å². The third kappa shape index (κ3) is 3.94. The summed E-state index contributed by atoms with van der Waals surface area (Å²) in [6.07, 6.45) is 4.15. The summed E-state index contributed by atoms with van der Waals surface area (Å²) in [7, 11) is 4.24. The summed E-state index contributed by atoms with van der Waals surface area (Å²) in [5, 5.41) is 0. The van der Waals surface area contributed by atoms with Crippen LogP contribution in [0.2, 0.25) is 0 Å². The lowest BCUT2D eigenvalue weighted by atomic mass is 10.0. The van der Waals surface area contributed by atoms with Crippen LogP contribution in [-0.4, -0.2) is 55.0 Å². The van der Waals surface area contributed by atoms with Gasteiger partial charge in [0.05, 0.1) is 6.04 Å². The Hall–Kier alpha value is -0.650. The maximum Gasteiger partial charge on any atom is 0.251 e. The van der Waals surface area contributed by atoms with Crippen molar-refractivity contribution in [2.24, 2.45) is 5.84 Å². The third-order valence-corrected chi connectivity index (χ3v) is 3.68. The van der Waals surface area contributed by atoms with Gasteiger partial charge in [-0.2, -0.15) is 0 Å². The minimum atomic E-state index is -0.0480. The van der Waals surface area contributed by atoms with E-state index in [1.807, 2.05) is 0 Å². The molecule has 17 heavy (non-hydrogen) atoms. The van der Waals surface area contributed by atoms with Crippen LogP contribution in [0.15, 0.2) is 0 Å². The highest BCUT2D eigenvalue weighted by atomic mass is 16.2. The molecule has 1 heterocycles. The Labute approximate surface area is 104 Å². The summed E-state index contributed by atoms with van der Waals surface area (Å²) in [6, 6.07) is 0.600. The first kappa shape index (κ1) is 14.4. The largest absolute Gasteiger partial charge is 0.306 e. The van der Waals surface area contributed by atoms with Gasteiger partial charge in [-0.3, -0.25) is 15.1 Å². The van der Waals surface area contributed by atoms with Crippen LogP contribution < -0.4 is 11.3 Å². The van der Waals surface area contributed by atoms with E-state index < -0.39 is 0 Å². The van der Waals surface area contributed by atoms with E-state index in [-0.39, 0.29) is 11.9 Å². The van der Waals surface area contributed by atoms with Gasteiger partial charge in [0.2, 0.25) is 0 Å². The number of likely N-dealkylation sites (tertiary alicyclic amines) is 1. The molecule has 0 spiro atoms. The maximum atomic E-state index is 11.7. The summed E-state index contributed by atoms with van der Waals surface area (Å²) >= 11 is 0. The Bertz CT molecular complexity index is 237.